The third-order valence-corrected chi connectivity index (χ3v) is 3.56. The second-order valence-corrected chi connectivity index (χ2v) is 7.07. The lowest BCUT2D eigenvalue weighted by Gasteiger charge is -2.23. The fourth-order valence-corrected chi connectivity index (χ4v) is 2.87. The number of aromatic nitrogens is 2. The van der Waals surface area contributed by atoms with E-state index in [2.05, 4.69) is 30.7 Å². The molecule has 0 fully saturated rings. The number of ketones is 1. The Labute approximate surface area is 125 Å². The zero-order valence-electron chi connectivity index (χ0n) is 12.7. The summed E-state index contributed by atoms with van der Waals surface area (Å²) in [5, 5.41) is 0.274. The third kappa shape index (κ3) is 3.69. The zero-order chi connectivity index (χ0) is 14.9. The summed E-state index contributed by atoms with van der Waals surface area (Å²) in [7, 11) is 1.90. The lowest BCUT2D eigenvalue weighted by molar-refractivity contribution is -0.119. The normalized spacial score (nSPS) is 14.2. The van der Waals surface area contributed by atoms with Crippen LogP contribution in [0.15, 0.2) is 0 Å². The Morgan fingerprint density at radius 2 is 2.00 bits per heavy atom. The first-order chi connectivity index (χ1) is 9.26. The lowest BCUT2D eigenvalue weighted by Crippen LogP contribution is -2.29. The van der Waals surface area contributed by atoms with E-state index in [1.165, 1.54) is 0 Å². The zero-order valence-corrected chi connectivity index (χ0v) is 13.4. The van der Waals surface area contributed by atoms with E-state index >= 15 is 0 Å². The number of rotatable bonds is 4. The maximum Gasteiger partial charge on any atom is 0.224 e. The highest BCUT2D eigenvalue weighted by Gasteiger charge is 2.23. The molecule has 0 radical (unpaired) electrons. The highest BCUT2D eigenvalue weighted by atomic mass is 35.5. The first kappa shape index (κ1) is 15.2. The van der Waals surface area contributed by atoms with Crippen LogP contribution in [0, 0.1) is 5.41 Å². The van der Waals surface area contributed by atoms with Gasteiger partial charge in [0.25, 0.3) is 0 Å². The van der Waals surface area contributed by atoms with Crippen LogP contribution in [0.3, 0.4) is 0 Å². The number of hydrogen-bond donors (Lipinski definition) is 0. The molecule has 1 aromatic heterocycles. The predicted molar refractivity (Wildman–Crippen MR) is 81.4 cm³/mol. The fraction of sp³-hybridized carbons (Fsp3) is 0.667. The maximum absolute atomic E-state index is 12.1. The van der Waals surface area contributed by atoms with Crippen molar-refractivity contribution in [3.05, 3.63) is 16.5 Å². The maximum atomic E-state index is 12.1. The molecule has 1 aromatic rings. The van der Waals surface area contributed by atoms with Crippen molar-refractivity contribution in [2.75, 3.05) is 18.5 Å². The number of hydrogen-bond acceptors (Lipinski definition) is 4. The Morgan fingerprint density at radius 1 is 1.30 bits per heavy atom. The van der Waals surface area contributed by atoms with E-state index < -0.39 is 0 Å². The molecule has 0 aromatic carbocycles. The molecule has 0 N–H and O–H groups in total. The molecule has 0 amide bonds. The van der Waals surface area contributed by atoms with Gasteiger partial charge in [0.05, 0.1) is 12.2 Å². The smallest absolute Gasteiger partial charge is 0.224 e. The summed E-state index contributed by atoms with van der Waals surface area (Å²) in [6, 6.07) is 0. The summed E-state index contributed by atoms with van der Waals surface area (Å²) in [5.74, 6) is 1.04. The molecule has 0 bridgehead atoms. The van der Waals surface area contributed by atoms with Crippen LogP contribution in [-0.2, 0) is 17.6 Å². The predicted octanol–water partition coefficient (Wildman–Crippen LogP) is 3.06. The van der Waals surface area contributed by atoms with Gasteiger partial charge in [-0.3, -0.25) is 4.79 Å². The third-order valence-electron chi connectivity index (χ3n) is 3.39. The number of likely N-dealkylation sites (N-methyl/N-ethyl adjacent to an activating group) is 1. The van der Waals surface area contributed by atoms with Crippen molar-refractivity contribution >= 4 is 23.2 Å². The molecule has 5 heteroatoms. The second kappa shape index (κ2) is 5.68. The standard InChI is InChI=1S/C15H22ClN3O/c1-15(2,3)8-10(20)9-19(4)13-11-6-5-7-12(11)17-14(16)18-13/h5-9H2,1-4H3. The van der Waals surface area contributed by atoms with Gasteiger partial charge >= 0.3 is 0 Å². The number of fused-ring (bicyclic) bond motifs is 1. The van der Waals surface area contributed by atoms with Gasteiger partial charge in [-0.15, -0.1) is 0 Å². The Hall–Kier alpha value is -1.16. The number of anilines is 1. The average molecular weight is 296 g/mol. The quantitative estimate of drug-likeness (QED) is 0.801. The van der Waals surface area contributed by atoms with Crippen molar-refractivity contribution in [3.63, 3.8) is 0 Å². The topological polar surface area (TPSA) is 46.1 Å². The van der Waals surface area contributed by atoms with Gasteiger partial charge in [-0.05, 0) is 36.3 Å². The van der Waals surface area contributed by atoms with Crippen LogP contribution in [0.5, 0.6) is 0 Å². The first-order valence-electron chi connectivity index (χ1n) is 7.04. The highest BCUT2D eigenvalue weighted by Crippen LogP contribution is 2.29. The molecule has 0 aliphatic heterocycles. The average Bonchev–Trinajstić information content (AvgIpc) is 2.72. The molecule has 0 saturated heterocycles. The van der Waals surface area contributed by atoms with Gasteiger partial charge in [0.1, 0.15) is 5.82 Å². The molecular weight excluding hydrogens is 274 g/mol. The van der Waals surface area contributed by atoms with Gasteiger partial charge in [0.2, 0.25) is 5.28 Å². The Kier molecular flexibility index (Phi) is 4.33. The summed E-state index contributed by atoms with van der Waals surface area (Å²) >= 11 is 5.98. The molecule has 1 aliphatic rings. The van der Waals surface area contributed by atoms with E-state index in [4.69, 9.17) is 11.6 Å². The number of nitrogens with zero attached hydrogens (tertiary/aromatic N) is 3. The van der Waals surface area contributed by atoms with E-state index in [0.29, 0.717) is 13.0 Å². The molecule has 2 rings (SSSR count). The summed E-state index contributed by atoms with van der Waals surface area (Å²) in [6.45, 7) is 6.59. The first-order valence-corrected chi connectivity index (χ1v) is 7.42. The van der Waals surface area contributed by atoms with Gasteiger partial charge in [-0.2, -0.15) is 0 Å². The van der Waals surface area contributed by atoms with E-state index in [9.17, 15) is 4.79 Å². The van der Waals surface area contributed by atoms with Crippen molar-refractivity contribution in [1.29, 1.82) is 0 Å². The Morgan fingerprint density at radius 3 is 2.65 bits per heavy atom. The minimum atomic E-state index is 0.0171. The van der Waals surface area contributed by atoms with Gasteiger partial charge in [0, 0.05) is 19.0 Å². The number of carbonyl (C=O) groups excluding carboxylic acids is 1. The van der Waals surface area contributed by atoms with Crippen LogP contribution < -0.4 is 4.90 Å². The number of aryl methyl sites for hydroxylation is 1. The molecule has 0 spiro atoms. The van der Waals surface area contributed by atoms with Crippen LogP contribution in [0.4, 0.5) is 5.82 Å². The van der Waals surface area contributed by atoms with Crippen LogP contribution in [0.1, 0.15) is 44.9 Å². The number of halogens is 1. The van der Waals surface area contributed by atoms with E-state index in [1.807, 2.05) is 11.9 Å². The molecule has 1 heterocycles. The summed E-state index contributed by atoms with van der Waals surface area (Å²) in [6.07, 6.45) is 3.58. The van der Waals surface area contributed by atoms with Gasteiger partial charge in [-0.25, -0.2) is 9.97 Å². The monoisotopic (exact) mass is 295 g/mol. The van der Waals surface area contributed by atoms with Gasteiger partial charge in [-0.1, -0.05) is 20.8 Å². The molecule has 0 unspecified atom stereocenters. The minimum absolute atomic E-state index is 0.0171. The SMILES string of the molecule is CN(CC(=O)CC(C)(C)C)c1nc(Cl)nc2c1CCC2. The summed E-state index contributed by atoms with van der Waals surface area (Å²) in [4.78, 5) is 22.6. The van der Waals surface area contributed by atoms with Gasteiger partial charge in [0.15, 0.2) is 5.78 Å². The summed E-state index contributed by atoms with van der Waals surface area (Å²) in [5.41, 5.74) is 2.21. The van der Waals surface area contributed by atoms with Crippen molar-refractivity contribution in [1.82, 2.24) is 9.97 Å². The molecule has 0 atom stereocenters. The Bertz CT molecular complexity index is 523. The Balaban J connectivity index is 2.14. The fourth-order valence-electron chi connectivity index (χ4n) is 2.69. The highest BCUT2D eigenvalue weighted by molar-refractivity contribution is 6.28. The molecule has 4 nitrogen and oxygen atoms in total. The van der Waals surface area contributed by atoms with Crippen molar-refractivity contribution in [2.24, 2.45) is 5.41 Å². The van der Waals surface area contributed by atoms with Crippen molar-refractivity contribution in [3.8, 4) is 0 Å². The molecule has 0 saturated carbocycles. The number of carbonyl (C=O) groups is 1. The lowest BCUT2D eigenvalue weighted by atomic mass is 9.90. The second-order valence-electron chi connectivity index (χ2n) is 6.73. The molecule has 1 aliphatic carbocycles. The van der Waals surface area contributed by atoms with Crippen LogP contribution in [0.2, 0.25) is 5.28 Å². The number of Topliss-reactive ketones (excluding diaryl/α,β-unsaturated/α-hetero) is 1. The van der Waals surface area contributed by atoms with E-state index in [-0.39, 0.29) is 16.5 Å². The summed E-state index contributed by atoms with van der Waals surface area (Å²) < 4.78 is 0. The van der Waals surface area contributed by atoms with Crippen LogP contribution in [-0.4, -0.2) is 29.3 Å². The van der Waals surface area contributed by atoms with Crippen molar-refractivity contribution < 1.29 is 4.79 Å². The minimum Gasteiger partial charge on any atom is -0.352 e. The van der Waals surface area contributed by atoms with Crippen LogP contribution in [0.25, 0.3) is 0 Å². The van der Waals surface area contributed by atoms with E-state index in [1.54, 1.807) is 0 Å². The molecule has 110 valence electrons. The van der Waals surface area contributed by atoms with Gasteiger partial charge < -0.3 is 4.90 Å². The molecule has 20 heavy (non-hydrogen) atoms. The molecular formula is C15H22ClN3O. The largest absolute Gasteiger partial charge is 0.352 e. The van der Waals surface area contributed by atoms with Crippen LogP contribution >= 0.6 is 11.6 Å². The van der Waals surface area contributed by atoms with E-state index in [0.717, 1.165) is 36.3 Å². The van der Waals surface area contributed by atoms with Crippen molar-refractivity contribution in [2.45, 2.75) is 46.5 Å².